The van der Waals surface area contributed by atoms with Gasteiger partial charge in [-0.05, 0) is 45.7 Å². The molecule has 0 aliphatic carbocycles. The Bertz CT molecular complexity index is 900. The van der Waals surface area contributed by atoms with Crippen LogP contribution < -0.4 is 5.32 Å². The lowest BCUT2D eigenvalue weighted by molar-refractivity contribution is -0.116. The molecule has 1 N–H and O–H groups in total. The van der Waals surface area contributed by atoms with Crippen LogP contribution in [0, 0.1) is 20.8 Å². The number of hydrogen-bond donors (Lipinski definition) is 1. The van der Waals surface area contributed by atoms with E-state index < -0.39 is 11.9 Å². The number of nitrogens with one attached hydrogen (secondary N) is 1. The van der Waals surface area contributed by atoms with Crippen LogP contribution in [0.5, 0.6) is 0 Å². The molecule has 29 heavy (non-hydrogen) atoms. The molecule has 0 atom stereocenters. The SMILES string of the molecule is CCCOC(=O)c1c(NC(=O)CCn2nc(C)cc2C)sc(C(=O)OCC)c1C. The second kappa shape index (κ2) is 10.2. The summed E-state index contributed by atoms with van der Waals surface area (Å²) >= 11 is 1.02. The van der Waals surface area contributed by atoms with E-state index in [0.29, 0.717) is 23.5 Å². The zero-order chi connectivity index (χ0) is 21.6. The molecule has 2 rings (SSSR count). The Labute approximate surface area is 174 Å². The van der Waals surface area contributed by atoms with Crippen molar-refractivity contribution in [3.63, 3.8) is 0 Å². The van der Waals surface area contributed by atoms with Crippen molar-refractivity contribution in [2.75, 3.05) is 18.5 Å². The molecule has 0 saturated heterocycles. The lowest BCUT2D eigenvalue weighted by atomic mass is 10.1. The average molecular weight is 422 g/mol. The van der Waals surface area contributed by atoms with Gasteiger partial charge >= 0.3 is 11.9 Å². The molecular formula is C20H27N3O5S. The topological polar surface area (TPSA) is 99.5 Å². The number of aryl methyl sites for hydroxylation is 3. The monoisotopic (exact) mass is 421 g/mol. The van der Waals surface area contributed by atoms with Crippen molar-refractivity contribution in [1.29, 1.82) is 0 Å². The standard InChI is InChI=1S/C20H27N3O5S/c1-6-10-28-19(25)16-14(5)17(20(26)27-7-2)29-18(16)21-15(24)8-9-23-13(4)11-12(3)22-23/h11H,6-10H2,1-5H3,(H,21,24). The van der Waals surface area contributed by atoms with Gasteiger partial charge < -0.3 is 14.8 Å². The maximum Gasteiger partial charge on any atom is 0.348 e. The van der Waals surface area contributed by atoms with E-state index in [-0.39, 0.29) is 36.0 Å². The summed E-state index contributed by atoms with van der Waals surface area (Å²) in [4.78, 5) is 37.5. The average Bonchev–Trinajstić information content (AvgIpc) is 3.16. The first-order chi connectivity index (χ1) is 13.8. The number of hydrogen-bond acceptors (Lipinski definition) is 7. The number of thiophene rings is 1. The molecule has 0 aromatic carbocycles. The maximum absolute atomic E-state index is 12.5. The summed E-state index contributed by atoms with van der Waals surface area (Å²) in [6.45, 7) is 9.95. The molecule has 0 radical (unpaired) electrons. The second-order valence-corrected chi connectivity index (χ2v) is 7.59. The fraction of sp³-hybridized carbons (Fsp3) is 0.500. The molecule has 158 valence electrons. The first-order valence-electron chi connectivity index (χ1n) is 9.56. The number of carbonyl (C=O) groups is 3. The van der Waals surface area contributed by atoms with Crippen LogP contribution in [0.3, 0.4) is 0 Å². The Morgan fingerprint density at radius 2 is 1.86 bits per heavy atom. The van der Waals surface area contributed by atoms with Gasteiger partial charge in [0.15, 0.2) is 0 Å². The van der Waals surface area contributed by atoms with E-state index in [1.807, 2.05) is 26.8 Å². The van der Waals surface area contributed by atoms with E-state index in [0.717, 1.165) is 22.7 Å². The van der Waals surface area contributed by atoms with Crippen LogP contribution in [0.1, 0.15) is 63.7 Å². The third kappa shape index (κ3) is 5.66. The molecule has 0 unspecified atom stereocenters. The predicted molar refractivity (Wildman–Crippen MR) is 111 cm³/mol. The highest BCUT2D eigenvalue weighted by atomic mass is 32.1. The van der Waals surface area contributed by atoms with E-state index in [9.17, 15) is 14.4 Å². The van der Waals surface area contributed by atoms with Crippen molar-refractivity contribution in [1.82, 2.24) is 9.78 Å². The van der Waals surface area contributed by atoms with Gasteiger partial charge in [-0.2, -0.15) is 5.10 Å². The van der Waals surface area contributed by atoms with Crippen molar-refractivity contribution in [2.24, 2.45) is 0 Å². The molecule has 0 spiro atoms. The summed E-state index contributed by atoms with van der Waals surface area (Å²) in [7, 11) is 0. The molecular weight excluding hydrogens is 394 g/mol. The molecule has 2 aromatic rings. The van der Waals surface area contributed by atoms with Crippen molar-refractivity contribution >= 4 is 34.2 Å². The van der Waals surface area contributed by atoms with Gasteiger partial charge in [-0.15, -0.1) is 11.3 Å². The van der Waals surface area contributed by atoms with Crippen LogP contribution in [0.25, 0.3) is 0 Å². The number of nitrogens with zero attached hydrogens (tertiary/aromatic N) is 2. The first-order valence-corrected chi connectivity index (χ1v) is 10.4. The minimum Gasteiger partial charge on any atom is -0.462 e. The lowest BCUT2D eigenvalue weighted by Gasteiger charge is -2.08. The van der Waals surface area contributed by atoms with E-state index >= 15 is 0 Å². The van der Waals surface area contributed by atoms with E-state index in [4.69, 9.17) is 9.47 Å². The fourth-order valence-electron chi connectivity index (χ4n) is 2.80. The van der Waals surface area contributed by atoms with Crippen LogP contribution in [0.15, 0.2) is 6.07 Å². The Balaban J connectivity index is 2.21. The van der Waals surface area contributed by atoms with Crippen LogP contribution >= 0.6 is 11.3 Å². The molecule has 2 heterocycles. The van der Waals surface area contributed by atoms with Crippen molar-refractivity contribution < 1.29 is 23.9 Å². The predicted octanol–water partition coefficient (Wildman–Crippen LogP) is 3.64. The van der Waals surface area contributed by atoms with Crippen molar-refractivity contribution in [3.8, 4) is 0 Å². The number of aromatic nitrogens is 2. The van der Waals surface area contributed by atoms with Crippen LogP contribution in [0.2, 0.25) is 0 Å². The number of amides is 1. The lowest BCUT2D eigenvalue weighted by Crippen LogP contribution is -2.17. The van der Waals surface area contributed by atoms with E-state index in [1.165, 1.54) is 0 Å². The molecule has 0 bridgehead atoms. The zero-order valence-corrected chi connectivity index (χ0v) is 18.3. The number of rotatable bonds is 9. The molecule has 0 aliphatic rings. The Morgan fingerprint density at radius 3 is 2.45 bits per heavy atom. The van der Waals surface area contributed by atoms with E-state index in [1.54, 1.807) is 18.5 Å². The van der Waals surface area contributed by atoms with Crippen molar-refractivity contribution in [3.05, 3.63) is 33.5 Å². The molecule has 1 amide bonds. The third-order valence-corrected chi connectivity index (χ3v) is 5.34. The number of anilines is 1. The molecule has 0 aliphatic heterocycles. The highest BCUT2D eigenvalue weighted by Gasteiger charge is 2.27. The first kappa shape index (κ1) is 22.6. The van der Waals surface area contributed by atoms with E-state index in [2.05, 4.69) is 10.4 Å². The number of esters is 2. The minimum atomic E-state index is -0.565. The maximum atomic E-state index is 12.5. The summed E-state index contributed by atoms with van der Waals surface area (Å²) in [5, 5.41) is 7.38. The molecule has 9 heteroatoms. The Kier molecular flexibility index (Phi) is 7.95. The van der Waals surface area contributed by atoms with Crippen LogP contribution in [-0.4, -0.2) is 40.8 Å². The highest BCUT2D eigenvalue weighted by Crippen LogP contribution is 2.34. The molecule has 0 saturated carbocycles. The Hall–Kier alpha value is -2.68. The zero-order valence-electron chi connectivity index (χ0n) is 17.5. The Morgan fingerprint density at radius 1 is 1.14 bits per heavy atom. The van der Waals surface area contributed by atoms with Crippen LogP contribution in [0.4, 0.5) is 5.00 Å². The third-order valence-electron chi connectivity index (χ3n) is 4.16. The fourth-order valence-corrected chi connectivity index (χ4v) is 3.91. The van der Waals surface area contributed by atoms with Gasteiger partial charge in [-0.1, -0.05) is 6.92 Å². The molecule has 0 fully saturated rings. The minimum absolute atomic E-state index is 0.178. The van der Waals surface area contributed by atoms with Gasteiger partial charge in [-0.25, -0.2) is 9.59 Å². The number of ether oxygens (including phenoxy) is 2. The summed E-state index contributed by atoms with van der Waals surface area (Å²) in [5.74, 6) is -1.37. The molecule has 8 nitrogen and oxygen atoms in total. The van der Waals surface area contributed by atoms with Crippen molar-refractivity contribution in [2.45, 2.75) is 54.0 Å². The van der Waals surface area contributed by atoms with Gasteiger partial charge in [0, 0.05) is 18.7 Å². The number of carbonyl (C=O) groups excluding carboxylic acids is 3. The summed E-state index contributed by atoms with van der Waals surface area (Å²) in [5.41, 5.74) is 2.50. The van der Waals surface area contributed by atoms with Gasteiger partial charge in [0.2, 0.25) is 5.91 Å². The quantitative estimate of drug-likeness (QED) is 0.621. The van der Waals surface area contributed by atoms with Gasteiger partial charge in [-0.3, -0.25) is 9.48 Å². The smallest absolute Gasteiger partial charge is 0.348 e. The van der Waals surface area contributed by atoms with Gasteiger partial charge in [0.05, 0.1) is 24.5 Å². The largest absolute Gasteiger partial charge is 0.462 e. The van der Waals surface area contributed by atoms with Crippen LogP contribution in [-0.2, 0) is 20.8 Å². The summed E-state index contributed by atoms with van der Waals surface area (Å²) in [6, 6.07) is 1.94. The normalized spacial score (nSPS) is 10.7. The summed E-state index contributed by atoms with van der Waals surface area (Å²) < 4.78 is 12.0. The second-order valence-electron chi connectivity index (χ2n) is 6.57. The van der Waals surface area contributed by atoms with Gasteiger partial charge in [0.1, 0.15) is 9.88 Å². The van der Waals surface area contributed by atoms with Gasteiger partial charge in [0.25, 0.3) is 0 Å². The highest BCUT2D eigenvalue weighted by molar-refractivity contribution is 7.18. The summed E-state index contributed by atoms with van der Waals surface area (Å²) in [6.07, 6.45) is 0.848. The molecule has 2 aromatic heterocycles.